The van der Waals surface area contributed by atoms with E-state index in [4.69, 9.17) is 9.63 Å². The molecule has 1 N–H and O–H groups in total. The molecule has 0 saturated carbocycles. The first-order valence-corrected chi connectivity index (χ1v) is 7.58. The molecule has 0 spiro atoms. The molecule has 0 aliphatic carbocycles. The molecule has 0 unspecified atom stereocenters. The quantitative estimate of drug-likeness (QED) is 0.855. The van der Waals surface area contributed by atoms with E-state index in [1.54, 1.807) is 6.20 Å². The number of aliphatic carboxylic acids is 1. The van der Waals surface area contributed by atoms with Crippen LogP contribution in [0.15, 0.2) is 21.9 Å². The predicted octanol–water partition coefficient (Wildman–Crippen LogP) is 2.70. The van der Waals surface area contributed by atoms with Gasteiger partial charge in [0.2, 0.25) is 0 Å². The standard InChI is InChI=1S/C14H19N3O3S/c1-9-5-10(20-16-9)7-17-11(14(2,3)4)6-15-13(17)21-8-12(18)19/h5-6H,7-8H2,1-4H3,(H,18,19). The summed E-state index contributed by atoms with van der Waals surface area (Å²) in [6.07, 6.45) is 1.80. The highest BCUT2D eigenvalue weighted by atomic mass is 32.2. The lowest BCUT2D eigenvalue weighted by Gasteiger charge is -2.21. The summed E-state index contributed by atoms with van der Waals surface area (Å²) in [5.74, 6) is -0.147. The van der Waals surface area contributed by atoms with Gasteiger partial charge in [-0.2, -0.15) is 0 Å². The van der Waals surface area contributed by atoms with Gasteiger partial charge in [-0.25, -0.2) is 4.98 Å². The minimum absolute atomic E-state index is 0.0178. The molecule has 0 fully saturated rings. The van der Waals surface area contributed by atoms with E-state index in [-0.39, 0.29) is 11.2 Å². The molecule has 0 bridgehead atoms. The number of thioether (sulfide) groups is 1. The minimum Gasteiger partial charge on any atom is -0.481 e. The van der Waals surface area contributed by atoms with Gasteiger partial charge in [0.15, 0.2) is 10.9 Å². The molecule has 7 heteroatoms. The fourth-order valence-corrected chi connectivity index (χ4v) is 2.70. The van der Waals surface area contributed by atoms with Crippen LogP contribution in [0.5, 0.6) is 0 Å². The molecular weight excluding hydrogens is 290 g/mol. The normalized spacial score (nSPS) is 11.8. The van der Waals surface area contributed by atoms with Gasteiger partial charge in [0.05, 0.1) is 18.0 Å². The van der Waals surface area contributed by atoms with E-state index in [9.17, 15) is 4.79 Å². The number of aromatic nitrogens is 3. The Morgan fingerprint density at radius 1 is 1.48 bits per heavy atom. The molecule has 0 amide bonds. The van der Waals surface area contributed by atoms with Crippen LogP contribution in [0.1, 0.15) is 37.9 Å². The summed E-state index contributed by atoms with van der Waals surface area (Å²) in [7, 11) is 0. The van der Waals surface area contributed by atoms with Crippen molar-refractivity contribution < 1.29 is 14.4 Å². The van der Waals surface area contributed by atoms with Gasteiger partial charge in [-0.3, -0.25) is 4.79 Å². The second kappa shape index (κ2) is 5.93. The van der Waals surface area contributed by atoms with Gasteiger partial charge in [-0.1, -0.05) is 37.7 Å². The smallest absolute Gasteiger partial charge is 0.313 e. The number of imidazole rings is 1. The van der Waals surface area contributed by atoms with Gasteiger partial charge in [-0.05, 0) is 6.92 Å². The monoisotopic (exact) mass is 309 g/mol. The lowest BCUT2D eigenvalue weighted by atomic mass is 9.92. The summed E-state index contributed by atoms with van der Waals surface area (Å²) < 4.78 is 7.26. The summed E-state index contributed by atoms with van der Waals surface area (Å²) in [5, 5.41) is 13.4. The molecule has 0 radical (unpaired) electrons. The maximum Gasteiger partial charge on any atom is 0.313 e. The highest BCUT2D eigenvalue weighted by Gasteiger charge is 2.23. The molecule has 2 rings (SSSR count). The van der Waals surface area contributed by atoms with Gasteiger partial charge < -0.3 is 14.2 Å². The van der Waals surface area contributed by atoms with Crippen LogP contribution in [-0.2, 0) is 16.8 Å². The second-order valence-electron chi connectivity index (χ2n) is 5.88. The van der Waals surface area contributed by atoms with Crippen molar-refractivity contribution in [2.45, 2.75) is 44.8 Å². The first kappa shape index (κ1) is 15.6. The molecule has 2 aromatic heterocycles. The molecule has 2 heterocycles. The van der Waals surface area contributed by atoms with E-state index in [1.807, 2.05) is 17.6 Å². The SMILES string of the molecule is Cc1cc(Cn2c(C(C)(C)C)cnc2SCC(=O)O)on1. The van der Waals surface area contributed by atoms with Crippen LogP contribution in [-0.4, -0.2) is 31.5 Å². The van der Waals surface area contributed by atoms with E-state index < -0.39 is 5.97 Å². The Hall–Kier alpha value is -1.76. The third kappa shape index (κ3) is 3.87. The summed E-state index contributed by atoms with van der Waals surface area (Å²) in [6, 6.07) is 1.87. The van der Waals surface area contributed by atoms with Crippen molar-refractivity contribution in [1.29, 1.82) is 0 Å². The number of nitrogens with zero attached hydrogens (tertiary/aromatic N) is 3. The highest BCUT2D eigenvalue weighted by Crippen LogP contribution is 2.28. The maximum absolute atomic E-state index is 10.8. The summed E-state index contributed by atoms with van der Waals surface area (Å²) in [4.78, 5) is 15.1. The maximum atomic E-state index is 10.8. The number of aryl methyl sites for hydroxylation is 1. The van der Waals surface area contributed by atoms with Gasteiger partial charge in [0.25, 0.3) is 0 Å². The molecule has 0 aliphatic rings. The van der Waals surface area contributed by atoms with Crippen LogP contribution in [0.25, 0.3) is 0 Å². The van der Waals surface area contributed by atoms with Gasteiger partial charge in [0, 0.05) is 23.4 Å². The molecule has 114 valence electrons. The molecule has 6 nitrogen and oxygen atoms in total. The highest BCUT2D eigenvalue weighted by molar-refractivity contribution is 7.99. The first-order valence-electron chi connectivity index (χ1n) is 6.60. The minimum atomic E-state index is -0.859. The molecule has 0 aliphatic heterocycles. The Kier molecular flexibility index (Phi) is 4.41. The third-order valence-electron chi connectivity index (χ3n) is 2.90. The first-order chi connectivity index (χ1) is 9.77. The van der Waals surface area contributed by atoms with E-state index in [0.717, 1.165) is 17.1 Å². The zero-order chi connectivity index (χ0) is 15.6. The van der Waals surface area contributed by atoms with Crippen LogP contribution in [0, 0.1) is 6.92 Å². The lowest BCUT2D eigenvalue weighted by Crippen LogP contribution is -2.18. The molecule has 0 saturated heterocycles. The molecular formula is C14H19N3O3S. The van der Waals surface area contributed by atoms with Gasteiger partial charge >= 0.3 is 5.97 Å². The number of carbonyl (C=O) groups is 1. The Labute approximate surface area is 127 Å². The van der Waals surface area contributed by atoms with Gasteiger partial charge in [0.1, 0.15) is 0 Å². The molecule has 21 heavy (non-hydrogen) atoms. The molecule has 0 aromatic carbocycles. The Morgan fingerprint density at radius 3 is 2.71 bits per heavy atom. The topological polar surface area (TPSA) is 81.2 Å². The fraction of sp³-hybridized carbons (Fsp3) is 0.500. The van der Waals surface area contributed by atoms with Crippen LogP contribution in [0.2, 0.25) is 0 Å². The van der Waals surface area contributed by atoms with Crippen LogP contribution >= 0.6 is 11.8 Å². The number of hydrogen-bond acceptors (Lipinski definition) is 5. The Balaban J connectivity index is 2.33. The largest absolute Gasteiger partial charge is 0.481 e. The second-order valence-corrected chi connectivity index (χ2v) is 6.82. The fourth-order valence-electron chi connectivity index (χ4n) is 2.00. The van der Waals surface area contributed by atoms with Crippen molar-refractivity contribution >= 4 is 17.7 Å². The number of rotatable bonds is 5. The zero-order valence-corrected chi connectivity index (χ0v) is 13.4. The number of carboxylic acids is 1. The van der Waals surface area contributed by atoms with Crippen molar-refractivity contribution in [3.05, 3.63) is 29.4 Å². The van der Waals surface area contributed by atoms with E-state index in [0.29, 0.717) is 11.7 Å². The number of hydrogen-bond donors (Lipinski definition) is 1. The molecule has 2 aromatic rings. The van der Waals surface area contributed by atoms with E-state index in [2.05, 4.69) is 30.9 Å². The summed E-state index contributed by atoms with van der Waals surface area (Å²) in [6.45, 7) is 8.65. The summed E-state index contributed by atoms with van der Waals surface area (Å²) >= 11 is 1.21. The van der Waals surface area contributed by atoms with Crippen molar-refractivity contribution in [3.8, 4) is 0 Å². The predicted molar refractivity (Wildman–Crippen MR) is 79.6 cm³/mol. The molecule has 0 atom stereocenters. The van der Waals surface area contributed by atoms with Crippen LogP contribution < -0.4 is 0 Å². The third-order valence-corrected chi connectivity index (χ3v) is 3.88. The zero-order valence-electron chi connectivity index (χ0n) is 12.6. The van der Waals surface area contributed by atoms with Crippen LogP contribution in [0.3, 0.4) is 0 Å². The van der Waals surface area contributed by atoms with E-state index in [1.165, 1.54) is 11.8 Å². The lowest BCUT2D eigenvalue weighted by molar-refractivity contribution is -0.133. The van der Waals surface area contributed by atoms with Crippen molar-refractivity contribution in [3.63, 3.8) is 0 Å². The van der Waals surface area contributed by atoms with Crippen LogP contribution in [0.4, 0.5) is 0 Å². The van der Waals surface area contributed by atoms with Crippen molar-refractivity contribution in [2.75, 3.05) is 5.75 Å². The van der Waals surface area contributed by atoms with Crippen molar-refractivity contribution in [2.24, 2.45) is 0 Å². The van der Waals surface area contributed by atoms with Crippen molar-refractivity contribution in [1.82, 2.24) is 14.7 Å². The number of carboxylic acid groups (broad SMARTS) is 1. The Bertz CT molecular complexity index is 640. The Morgan fingerprint density at radius 2 is 2.19 bits per heavy atom. The summed E-state index contributed by atoms with van der Waals surface area (Å²) in [5.41, 5.74) is 1.76. The average molecular weight is 309 g/mol. The van der Waals surface area contributed by atoms with Gasteiger partial charge in [-0.15, -0.1) is 0 Å². The van der Waals surface area contributed by atoms with E-state index >= 15 is 0 Å². The average Bonchev–Trinajstić information content (AvgIpc) is 2.93.